The zero-order valence-electron chi connectivity index (χ0n) is 11.9. The van der Waals surface area contributed by atoms with E-state index >= 15 is 0 Å². The van der Waals surface area contributed by atoms with E-state index in [1.807, 2.05) is 24.3 Å². The van der Waals surface area contributed by atoms with Crippen molar-refractivity contribution in [1.82, 2.24) is 15.3 Å². The van der Waals surface area contributed by atoms with E-state index < -0.39 is 0 Å². The van der Waals surface area contributed by atoms with Gasteiger partial charge in [0.1, 0.15) is 5.82 Å². The highest BCUT2D eigenvalue weighted by molar-refractivity contribution is 5.77. The summed E-state index contributed by atoms with van der Waals surface area (Å²) >= 11 is 0. The van der Waals surface area contributed by atoms with Gasteiger partial charge in [0, 0.05) is 6.04 Å². The topological polar surface area (TPSA) is 57.8 Å². The van der Waals surface area contributed by atoms with Crippen molar-refractivity contribution in [3.63, 3.8) is 0 Å². The lowest BCUT2D eigenvalue weighted by atomic mass is 9.86. The SMILES string of the molecule is CC1CCCCC1NCc1nc2ccccc2c(=O)[nH]1. The van der Waals surface area contributed by atoms with Gasteiger partial charge in [-0.05, 0) is 30.9 Å². The molecule has 0 aliphatic heterocycles. The van der Waals surface area contributed by atoms with Crippen molar-refractivity contribution in [1.29, 1.82) is 0 Å². The normalized spacial score (nSPS) is 23.1. The minimum absolute atomic E-state index is 0.0518. The van der Waals surface area contributed by atoms with Crippen molar-refractivity contribution < 1.29 is 0 Å². The standard InChI is InChI=1S/C16H21N3O/c1-11-6-2-4-8-13(11)17-10-15-18-14-9-5-3-7-12(14)16(20)19-15/h3,5,7,9,11,13,17H,2,4,6,8,10H2,1H3,(H,18,19,20). The minimum Gasteiger partial charge on any atom is -0.309 e. The predicted molar refractivity (Wildman–Crippen MR) is 80.6 cm³/mol. The summed E-state index contributed by atoms with van der Waals surface area (Å²) in [6.07, 6.45) is 5.15. The van der Waals surface area contributed by atoms with Gasteiger partial charge in [-0.3, -0.25) is 4.79 Å². The van der Waals surface area contributed by atoms with Gasteiger partial charge in [0.2, 0.25) is 0 Å². The molecular formula is C16H21N3O. The lowest BCUT2D eigenvalue weighted by molar-refractivity contribution is 0.278. The second kappa shape index (κ2) is 5.75. The molecule has 2 unspecified atom stereocenters. The van der Waals surface area contributed by atoms with Crippen LogP contribution in [0, 0.1) is 5.92 Å². The number of aromatic amines is 1. The maximum absolute atomic E-state index is 12.0. The van der Waals surface area contributed by atoms with Crippen LogP contribution < -0.4 is 10.9 Å². The Labute approximate surface area is 118 Å². The first-order valence-electron chi connectivity index (χ1n) is 7.45. The Hall–Kier alpha value is -1.68. The van der Waals surface area contributed by atoms with Gasteiger partial charge in [-0.15, -0.1) is 0 Å². The van der Waals surface area contributed by atoms with Crippen LogP contribution in [0.3, 0.4) is 0 Å². The van der Waals surface area contributed by atoms with Crippen molar-refractivity contribution >= 4 is 10.9 Å². The number of hydrogen-bond acceptors (Lipinski definition) is 3. The van der Waals surface area contributed by atoms with Crippen LogP contribution in [-0.2, 0) is 6.54 Å². The summed E-state index contributed by atoms with van der Waals surface area (Å²) in [5.41, 5.74) is 0.717. The highest BCUT2D eigenvalue weighted by atomic mass is 16.1. The fourth-order valence-corrected chi connectivity index (χ4v) is 3.07. The van der Waals surface area contributed by atoms with E-state index in [0.29, 0.717) is 23.9 Å². The molecule has 1 aromatic heterocycles. The maximum Gasteiger partial charge on any atom is 0.258 e. The molecule has 1 heterocycles. The average Bonchev–Trinajstić information content (AvgIpc) is 2.46. The molecule has 4 nitrogen and oxygen atoms in total. The van der Waals surface area contributed by atoms with E-state index in [1.165, 1.54) is 25.7 Å². The number of benzene rings is 1. The molecule has 0 amide bonds. The van der Waals surface area contributed by atoms with E-state index in [1.54, 1.807) is 0 Å². The molecule has 20 heavy (non-hydrogen) atoms. The zero-order chi connectivity index (χ0) is 13.9. The van der Waals surface area contributed by atoms with E-state index in [9.17, 15) is 4.79 Å². The van der Waals surface area contributed by atoms with Crippen LogP contribution in [0.2, 0.25) is 0 Å². The molecule has 1 aliphatic rings. The van der Waals surface area contributed by atoms with Crippen LogP contribution in [0.15, 0.2) is 29.1 Å². The summed E-state index contributed by atoms with van der Waals surface area (Å²) in [5.74, 6) is 1.43. The number of nitrogens with one attached hydrogen (secondary N) is 2. The van der Waals surface area contributed by atoms with Gasteiger partial charge in [0.15, 0.2) is 0 Å². The van der Waals surface area contributed by atoms with Gasteiger partial charge < -0.3 is 10.3 Å². The molecular weight excluding hydrogens is 250 g/mol. The third-order valence-electron chi connectivity index (χ3n) is 4.31. The van der Waals surface area contributed by atoms with Crippen molar-refractivity contribution in [2.45, 2.75) is 45.2 Å². The molecule has 4 heteroatoms. The van der Waals surface area contributed by atoms with Crippen LogP contribution in [0.1, 0.15) is 38.4 Å². The highest BCUT2D eigenvalue weighted by Gasteiger charge is 2.20. The molecule has 1 aromatic carbocycles. The second-order valence-corrected chi connectivity index (χ2v) is 5.78. The lowest BCUT2D eigenvalue weighted by Gasteiger charge is -2.29. The van der Waals surface area contributed by atoms with Crippen molar-refractivity contribution in [3.8, 4) is 0 Å². The number of nitrogens with zero attached hydrogens (tertiary/aromatic N) is 1. The van der Waals surface area contributed by atoms with Crippen molar-refractivity contribution in [2.24, 2.45) is 5.92 Å². The van der Waals surface area contributed by atoms with E-state index in [4.69, 9.17) is 0 Å². The van der Waals surface area contributed by atoms with E-state index in [0.717, 1.165) is 11.3 Å². The quantitative estimate of drug-likeness (QED) is 0.902. The first kappa shape index (κ1) is 13.3. The minimum atomic E-state index is -0.0518. The van der Waals surface area contributed by atoms with E-state index in [2.05, 4.69) is 22.2 Å². The number of hydrogen-bond donors (Lipinski definition) is 2. The molecule has 0 saturated heterocycles. The van der Waals surface area contributed by atoms with E-state index in [-0.39, 0.29) is 5.56 Å². The molecule has 2 aromatic rings. The molecule has 2 atom stereocenters. The monoisotopic (exact) mass is 271 g/mol. The molecule has 1 fully saturated rings. The molecule has 1 saturated carbocycles. The molecule has 3 rings (SSSR count). The average molecular weight is 271 g/mol. The number of H-pyrrole nitrogens is 1. The number of para-hydroxylation sites is 1. The largest absolute Gasteiger partial charge is 0.309 e. The Balaban J connectivity index is 1.76. The Bertz CT molecular complexity index is 649. The van der Waals surface area contributed by atoms with Crippen LogP contribution in [-0.4, -0.2) is 16.0 Å². The Morgan fingerprint density at radius 1 is 1.30 bits per heavy atom. The smallest absolute Gasteiger partial charge is 0.258 e. The highest BCUT2D eigenvalue weighted by Crippen LogP contribution is 2.23. The van der Waals surface area contributed by atoms with Crippen molar-refractivity contribution in [3.05, 3.63) is 40.4 Å². The summed E-state index contributed by atoms with van der Waals surface area (Å²) in [6, 6.07) is 8.01. The number of aromatic nitrogens is 2. The van der Waals surface area contributed by atoms with Gasteiger partial charge in [0.25, 0.3) is 5.56 Å². The van der Waals surface area contributed by atoms with Crippen molar-refractivity contribution in [2.75, 3.05) is 0 Å². The van der Waals surface area contributed by atoms with Crippen LogP contribution in [0.5, 0.6) is 0 Å². The number of rotatable bonds is 3. The first-order chi connectivity index (χ1) is 9.74. The van der Waals surface area contributed by atoms with Crippen LogP contribution in [0.25, 0.3) is 10.9 Å². The molecule has 2 N–H and O–H groups in total. The summed E-state index contributed by atoms with van der Waals surface area (Å²) in [7, 11) is 0. The molecule has 0 bridgehead atoms. The third-order valence-corrected chi connectivity index (χ3v) is 4.31. The number of fused-ring (bicyclic) bond motifs is 1. The molecule has 0 spiro atoms. The van der Waals surface area contributed by atoms with Gasteiger partial charge in [-0.2, -0.15) is 0 Å². The Morgan fingerprint density at radius 3 is 2.95 bits per heavy atom. The molecule has 0 radical (unpaired) electrons. The maximum atomic E-state index is 12.0. The Morgan fingerprint density at radius 2 is 2.10 bits per heavy atom. The van der Waals surface area contributed by atoms with Crippen LogP contribution >= 0.6 is 0 Å². The van der Waals surface area contributed by atoms with Gasteiger partial charge in [-0.1, -0.05) is 31.9 Å². The lowest BCUT2D eigenvalue weighted by Crippen LogP contribution is -2.37. The van der Waals surface area contributed by atoms with Gasteiger partial charge in [-0.25, -0.2) is 4.98 Å². The van der Waals surface area contributed by atoms with Crippen LogP contribution in [0.4, 0.5) is 0 Å². The summed E-state index contributed by atoms with van der Waals surface area (Å²) in [4.78, 5) is 19.4. The molecule has 1 aliphatic carbocycles. The summed E-state index contributed by atoms with van der Waals surface area (Å²) in [5, 5.41) is 4.20. The third kappa shape index (κ3) is 2.75. The van der Waals surface area contributed by atoms with Gasteiger partial charge >= 0.3 is 0 Å². The summed E-state index contributed by atoms with van der Waals surface area (Å²) < 4.78 is 0. The predicted octanol–water partition coefficient (Wildman–Crippen LogP) is 2.59. The zero-order valence-corrected chi connectivity index (χ0v) is 11.9. The fraction of sp³-hybridized carbons (Fsp3) is 0.500. The first-order valence-corrected chi connectivity index (χ1v) is 7.45. The molecule has 106 valence electrons. The summed E-state index contributed by atoms with van der Waals surface area (Å²) in [6.45, 7) is 2.93. The fourth-order valence-electron chi connectivity index (χ4n) is 3.07. The van der Waals surface area contributed by atoms with Gasteiger partial charge in [0.05, 0.1) is 17.4 Å². The second-order valence-electron chi connectivity index (χ2n) is 5.78. The Kier molecular flexibility index (Phi) is 3.83.